The Morgan fingerprint density at radius 1 is 1.05 bits per heavy atom. The van der Waals surface area contributed by atoms with Crippen LogP contribution in [0.3, 0.4) is 0 Å². The zero-order valence-corrected chi connectivity index (χ0v) is 13.2. The van der Waals surface area contributed by atoms with Gasteiger partial charge in [-0.15, -0.1) is 0 Å². The first-order valence-electron chi connectivity index (χ1n) is 6.95. The number of hydrogen-bond acceptors (Lipinski definition) is 3. The SMILES string of the molecule is CN(C)S(=O)(=O)N1CCCN(C(=O)c2ccccc2)CC1. The molecular formula is C14H21N3O3S. The lowest BCUT2D eigenvalue weighted by Crippen LogP contribution is -2.42. The molecule has 2 rings (SSSR count). The number of amides is 1. The van der Waals surface area contributed by atoms with Crippen LogP contribution in [-0.2, 0) is 10.2 Å². The summed E-state index contributed by atoms with van der Waals surface area (Å²) in [4.78, 5) is 14.1. The minimum atomic E-state index is -3.41. The van der Waals surface area contributed by atoms with Gasteiger partial charge in [0.25, 0.3) is 16.1 Å². The number of nitrogens with zero attached hydrogens (tertiary/aromatic N) is 3. The fourth-order valence-electron chi connectivity index (χ4n) is 2.32. The predicted octanol–water partition coefficient (Wildman–Crippen LogP) is 0.641. The molecule has 0 N–H and O–H groups in total. The van der Waals surface area contributed by atoms with Gasteiger partial charge in [-0.25, -0.2) is 0 Å². The maximum absolute atomic E-state index is 12.4. The number of rotatable bonds is 3. The normalized spacial score (nSPS) is 17.8. The van der Waals surface area contributed by atoms with E-state index >= 15 is 0 Å². The van der Waals surface area contributed by atoms with E-state index in [4.69, 9.17) is 0 Å². The lowest BCUT2D eigenvalue weighted by atomic mass is 10.2. The van der Waals surface area contributed by atoms with Gasteiger partial charge in [-0.2, -0.15) is 17.0 Å². The molecule has 1 aromatic carbocycles. The predicted molar refractivity (Wildman–Crippen MR) is 81.1 cm³/mol. The first-order chi connectivity index (χ1) is 9.93. The number of hydrogen-bond donors (Lipinski definition) is 0. The average Bonchev–Trinajstić information content (AvgIpc) is 2.73. The quantitative estimate of drug-likeness (QED) is 0.823. The smallest absolute Gasteiger partial charge is 0.281 e. The van der Waals surface area contributed by atoms with E-state index in [0.29, 0.717) is 38.2 Å². The molecule has 0 bridgehead atoms. The molecule has 116 valence electrons. The Kier molecular flexibility index (Phi) is 4.97. The summed E-state index contributed by atoms with van der Waals surface area (Å²) < 4.78 is 26.9. The molecule has 6 nitrogen and oxygen atoms in total. The third kappa shape index (κ3) is 3.61. The summed E-state index contributed by atoms with van der Waals surface area (Å²) in [5.41, 5.74) is 0.640. The lowest BCUT2D eigenvalue weighted by Gasteiger charge is -2.24. The van der Waals surface area contributed by atoms with Gasteiger partial charge in [-0.1, -0.05) is 18.2 Å². The fourth-order valence-corrected chi connectivity index (χ4v) is 3.46. The molecule has 1 saturated heterocycles. The van der Waals surface area contributed by atoms with Crippen LogP contribution in [0.4, 0.5) is 0 Å². The second-order valence-electron chi connectivity index (χ2n) is 5.20. The van der Waals surface area contributed by atoms with Crippen molar-refractivity contribution in [3.05, 3.63) is 35.9 Å². The maximum atomic E-state index is 12.4. The molecule has 21 heavy (non-hydrogen) atoms. The van der Waals surface area contributed by atoms with Crippen LogP contribution in [0.1, 0.15) is 16.8 Å². The molecule has 0 radical (unpaired) electrons. The minimum Gasteiger partial charge on any atom is -0.337 e. The van der Waals surface area contributed by atoms with Gasteiger partial charge < -0.3 is 4.90 Å². The van der Waals surface area contributed by atoms with Crippen LogP contribution >= 0.6 is 0 Å². The molecule has 0 unspecified atom stereocenters. The van der Waals surface area contributed by atoms with Crippen molar-refractivity contribution < 1.29 is 13.2 Å². The Balaban J connectivity index is 2.06. The van der Waals surface area contributed by atoms with Gasteiger partial charge >= 0.3 is 0 Å². The average molecular weight is 311 g/mol. The van der Waals surface area contributed by atoms with E-state index in [0.717, 1.165) is 0 Å². The Bertz CT molecular complexity index is 587. The van der Waals surface area contributed by atoms with E-state index in [1.807, 2.05) is 18.2 Å². The molecule has 0 aromatic heterocycles. The summed E-state index contributed by atoms with van der Waals surface area (Å²) in [6.45, 7) is 1.77. The van der Waals surface area contributed by atoms with Gasteiger partial charge in [0.2, 0.25) is 0 Å². The molecule has 0 atom stereocenters. The first kappa shape index (κ1) is 15.9. The molecule has 1 aliphatic heterocycles. The molecular weight excluding hydrogens is 290 g/mol. The minimum absolute atomic E-state index is 0.0419. The second-order valence-corrected chi connectivity index (χ2v) is 7.34. The first-order valence-corrected chi connectivity index (χ1v) is 8.34. The summed E-state index contributed by atoms with van der Waals surface area (Å²) >= 11 is 0. The monoisotopic (exact) mass is 311 g/mol. The van der Waals surface area contributed by atoms with E-state index in [1.165, 1.54) is 22.7 Å². The molecule has 0 spiro atoms. The number of carbonyl (C=O) groups is 1. The zero-order valence-electron chi connectivity index (χ0n) is 12.4. The lowest BCUT2D eigenvalue weighted by molar-refractivity contribution is 0.0764. The maximum Gasteiger partial charge on any atom is 0.281 e. The molecule has 1 aromatic rings. The standard InChI is InChI=1S/C14H21N3O3S/c1-15(2)21(19,20)17-10-6-9-16(11-12-17)14(18)13-7-4-3-5-8-13/h3-5,7-8H,6,9-12H2,1-2H3. The van der Waals surface area contributed by atoms with E-state index in [1.54, 1.807) is 17.0 Å². The molecule has 1 fully saturated rings. The van der Waals surface area contributed by atoms with Crippen LogP contribution in [0.15, 0.2) is 30.3 Å². The van der Waals surface area contributed by atoms with Crippen molar-refractivity contribution in [2.45, 2.75) is 6.42 Å². The fraction of sp³-hybridized carbons (Fsp3) is 0.500. The Morgan fingerprint density at radius 2 is 1.71 bits per heavy atom. The van der Waals surface area contributed by atoms with E-state index < -0.39 is 10.2 Å². The highest BCUT2D eigenvalue weighted by Gasteiger charge is 2.28. The zero-order chi connectivity index (χ0) is 15.5. The summed E-state index contributed by atoms with van der Waals surface area (Å²) in [7, 11) is -0.366. The second kappa shape index (κ2) is 6.55. The highest BCUT2D eigenvalue weighted by atomic mass is 32.2. The van der Waals surface area contributed by atoms with Gasteiger partial charge in [0.1, 0.15) is 0 Å². The van der Waals surface area contributed by atoms with Gasteiger partial charge in [0.15, 0.2) is 0 Å². The summed E-state index contributed by atoms with van der Waals surface area (Å²) in [5, 5.41) is 0. The van der Waals surface area contributed by atoms with Crippen molar-refractivity contribution in [3.63, 3.8) is 0 Å². The van der Waals surface area contributed by atoms with Crippen molar-refractivity contribution in [2.24, 2.45) is 0 Å². The van der Waals surface area contributed by atoms with Crippen molar-refractivity contribution >= 4 is 16.1 Å². The van der Waals surface area contributed by atoms with Crippen molar-refractivity contribution in [1.29, 1.82) is 0 Å². The molecule has 7 heteroatoms. The largest absolute Gasteiger partial charge is 0.337 e. The highest BCUT2D eigenvalue weighted by molar-refractivity contribution is 7.86. The molecule has 0 aliphatic carbocycles. The van der Waals surface area contributed by atoms with Crippen LogP contribution in [0, 0.1) is 0 Å². The van der Waals surface area contributed by atoms with Crippen molar-refractivity contribution in [2.75, 3.05) is 40.3 Å². The topological polar surface area (TPSA) is 60.9 Å². The van der Waals surface area contributed by atoms with E-state index in [9.17, 15) is 13.2 Å². The summed E-state index contributed by atoms with van der Waals surface area (Å²) in [6.07, 6.45) is 0.644. The van der Waals surface area contributed by atoms with Crippen LogP contribution in [0.5, 0.6) is 0 Å². The Hall–Kier alpha value is -1.44. The van der Waals surface area contributed by atoms with Crippen LogP contribution in [-0.4, -0.2) is 68.1 Å². The molecule has 1 aliphatic rings. The van der Waals surface area contributed by atoms with Gasteiger partial charge in [-0.3, -0.25) is 4.79 Å². The van der Waals surface area contributed by atoms with Gasteiger partial charge in [0, 0.05) is 45.8 Å². The van der Waals surface area contributed by atoms with Crippen molar-refractivity contribution in [1.82, 2.24) is 13.5 Å². The van der Waals surface area contributed by atoms with Crippen LogP contribution in [0.2, 0.25) is 0 Å². The molecule has 0 saturated carbocycles. The Labute approximate surface area is 126 Å². The van der Waals surface area contributed by atoms with E-state index in [2.05, 4.69) is 0 Å². The third-order valence-corrected chi connectivity index (χ3v) is 5.49. The third-order valence-electron chi connectivity index (χ3n) is 3.55. The Morgan fingerprint density at radius 3 is 2.33 bits per heavy atom. The van der Waals surface area contributed by atoms with Gasteiger partial charge in [-0.05, 0) is 18.6 Å². The van der Waals surface area contributed by atoms with Crippen molar-refractivity contribution in [3.8, 4) is 0 Å². The van der Waals surface area contributed by atoms with Crippen LogP contribution in [0.25, 0.3) is 0 Å². The summed E-state index contributed by atoms with van der Waals surface area (Å²) in [5.74, 6) is -0.0419. The van der Waals surface area contributed by atoms with Gasteiger partial charge in [0.05, 0.1) is 0 Å². The summed E-state index contributed by atoms with van der Waals surface area (Å²) in [6, 6.07) is 9.08. The van der Waals surface area contributed by atoms with E-state index in [-0.39, 0.29) is 5.91 Å². The molecule has 1 heterocycles. The number of carbonyl (C=O) groups excluding carboxylic acids is 1. The molecule has 1 amide bonds. The highest BCUT2D eigenvalue weighted by Crippen LogP contribution is 2.12. The van der Waals surface area contributed by atoms with Crippen LogP contribution < -0.4 is 0 Å². The number of benzene rings is 1.